The quantitative estimate of drug-likeness (QED) is 0.810. The van der Waals surface area contributed by atoms with E-state index in [0.717, 1.165) is 37.6 Å². The predicted molar refractivity (Wildman–Crippen MR) is 76.5 cm³/mol. The van der Waals surface area contributed by atoms with E-state index in [4.69, 9.17) is 5.73 Å². The van der Waals surface area contributed by atoms with Crippen LogP contribution in [0.2, 0.25) is 0 Å². The van der Waals surface area contributed by atoms with Gasteiger partial charge in [-0.25, -0.2) is 0 Å². The average Bonchev–Trinajstić information content (AvgIpc) is 2.94. The van der Waals surface area contributed by atoms with Crippen LogP contribution in [-0.2, 0) is 19.6 Å². The van der Waals surface area contributed by atoms with Crippen LogP contribution in [0.4, 0.5) is 0 Å². The first-order valence-corrected chi connectivity index (χ1v) is 6.72. The van der Waals surface area contributed by atoms with Gasteiger partial charge in [0.05, 0.1) is 13.1 Å². The Morgan fingerprint density at radius 1 is 1.20 bits per heavy atom. The molecular formula is C15H17N5. The molecule has 0 bridgehead atoms. The third kappa shape index (κ3) is 2.87. The molecule has 0 atom stereocenters. The lowest BCUT2D eigenvalue weighted by molar-refractivity contribution is 0.209. The van der Waals surface area contributed by atoms with Crippen molar-refractivity contribution in [3.8, 4) is 11.8 Å². The lowest BCUT2D eigenvalue weighted by Gasteiger charge is -2.26. The lowest BCUT2D eigenvalue weighted by atomic mass is 10.1. The maximum absolute atomic E-state index is 5.37. The second kappa shape index (κ2) is 5.87. The second-order valence-corrected chi connectivity index (χ2v) is 4.85. The topological polar surface area (TPSA) is 60.0 Å². The zero-order chi connectivity index (χ0) is 13.8. The maximum atomic E-state index is 5.37. The van der Waals surface area contributed by atoms with E-state index < -0.39 is 0 Å². The number of nitrogens with two attached hydrogens (primary N) is 1. The van der Waals surface area contributed by atoms with Crippen molar-refractivity contribution in [1.82, 2.24) is 19.7 Å². The van der Waals surface area contributed by atoms with Crippen molar-refractivity contribution in [2.45, 2.75) is 19.6 Å². The molecule has 3 rings (SSSR count). The molecule has 2 N–H and O–H groups in total. The van der Waals surface area contributed by atoms with Gasteiger partial charge in [0.15, 0.2) is 0 Å². The second-order valence-electron chi connectivity index (χ2n) is 4.85. The number of rotatable bonds is 2. The van der Waals surface area contributed by atoms with Gasteiger partial charge in [-0.2, -0.15) is 0 Å². The van der Waals surface area contributed by atoms with Crippen LogP contribution >= 0.6 is 0 Å². The third-order valence-corrected chi connectivity index (χ3v) is 3.41. The molecule has 2 aromatic rings. The molecule has 0 unspecified atom stereocenters. The normalized spacial score (nSPS) is 14.4. The molecular weight excluding hydrogens is 250 g/mol. The van der Waals surface area contributed by atoms with E-state index in [0.29, 0.717) is 6.54 Å². The Balaban J connectivity index is 1.64. The summed E-state index contributed by atoms with van der Waals surface area (Å²) in [5, 5.41) is 8.08. The Hall–Kier alpha value is -2.16. The summed E-state index contributed by atoms with van der Waals surface area (Å²) in [4.78, 5) is 2.38. The molecule has 102 valence electrons. The zero-order valence-corrected chi connectivity index (χ0v) is 11.3. The smallest absolute Gasteiger partial charge is 0.147 e. The van der Waals surface area contributed by atoms with Crippen molar-refractivity contribution < 1.29 is 0 Å². The van der Waals surface area contributed by atoms with Crippen molar-refractivity contribution in [2.75, 3.05) is 13.1 Å². The number of hydrogen-bond acceptors (Lipinski definition) is 4. The summed E-state index contributed by atoms with van der Waals surface area (Å²) in [6.07, 6.45) is 1.80. The fraction of sp³-hybridized carbons (Fsp3) is 0.333. The van der Waals surface area contributed by atoms with Crippen molar-refractivity contribution in [1.29, 1.82) is 0 Å². The summed E-state index contributed by atoms with van der Waals surface area (Å²) in [7, 11) is 0. The molecule has 0 saturated carbocycles. The highest BCUT2D eigenvalue weighted by molar-refractivity contribution is 5.36. The van der Waals surface area contributed by atoms with Gasteiger partial charge in [-0.15, -0.1) is 10.2 Å². The first-order valence-electron chi connectivity index (χ1n) is 6.72. The van der Waals surface area contributed by atoms with Crippen LogP contribution in [0.25, 0.3) is 0 Å². The van der Waals surface area contributed by atoms with Crippen molar-refractivity contribution in [2.24, 2.45) is 5.73 Å². The zero-order valence-electron chi connectivity index (χ0n) is 11.3. The van der Waals surface area contributed by atoms with Crippen LogP contribution in [0.5, 0.6) is 0 Å². The summed E-state index contributed by atoms with van der Waals surface area (Å²) in [6, 6.07) is 8.34. The Bertz CT molecular complexity index is 632. The minimum Gasteiger partial charge on any atom is -0.320 e. The van der Waals surface area contributed by atoms with Crippen LogP contribution in [0.15, 0.2) is 30.6 Å². The molecule has 0 spiro atoms. The summed E-state index contributed by atoms with van der Waals surface area (Å²) in [5.74, 6) is 6.94. The molecule has 1 aromatic carbocycles. The lowest BCUT2D eigenvalue weighted by Crippen LogP contribution is -2.33. The predicted octanol–water partition coefficient (Wildman–Crippen LogP) is 0.604. The number of fused-ring (bicyclic) bond motifs is 1. The van der Waals surface area contributed by atoms with Gasteiger partial charge >= 0.3 is 0 Å². The molecule has 20 heavy (non-hydrogen) atoms. The highest BCUT2D eigenvalue weighted by Crippen LogP contribution is 2.13. The molecule has 5 heteroatoms. The third-order valence-electron chi connectivity index (χ3n) is 3.41. The van der Waals surface area contributed by atoms with Crippen LogP contribution in [0.1, 0.15) is 17.0 Å². The average molecular weight is 267 g/mol. The summed E-state index contributed by atoms with van der Waals surface area (Å²) in [5.41, 5.74) is 7.67. The molecule has 0 radical (unpaired) electrons. The van der Waals surface area contributed by atoms with E-state index in [1.807, 2.05) is 12.1 Å². The standard InChI is InChI=1S/C15H17N5/c16-7-1-2-13-3-5-14(6-4-13)10-19-8-9-20-12-17-18-15(20)11-19/h3-6,12H,7-11,16H2. The van der Waals surface area contributed by atoms with Crippen LogP contribution in [0.3, 0.4) is 0 Å². The minimum absolute atomic E-state index is 0.399. The van der Waals surface area contributed by atoms with Gasteiger partial charge in [-0.3, -0.25) is 4.90 Å². The van der Waals surface area contributed by atoms with E-state index in [9.17, 15) is 0 Å². The largest absolute Gasteiger partial charge is 0.320 e. The van der Waals surface area contributed by atoms with Crippen LogP contribution in [0, 0.1) is 11.8 Å². The van der Waals surface area contributed by atoms with E-state index in [-0.39, 0.29) is 0 Å². The van der Waals surface area contributed by atoms with Crippen LogP contribution < -0.4 is 5.73 Å². The summed E-state index contributed by atoms with van der Waals surface area (Å²) in [6.45, 7) is 4.17. The van der Waals surface area contributed by atoms with E-state index in [1.165, 1.54) is 5.56 Å². The van der Waals surface area contributed by atoms with Crippen LogP contribution in [-0.4, -0.2) is 32.8 Å². The monoisotopic (exact) mass is 267 g/mol. The minimum atomic E-state index is 0.399. The van der Waals surface area contributed by atoms with Gasteiger partial charge in [0.1, 0.15) is 12.2 Å². The molecule has 0 saturated heterocycles. The highest BCUT2D eigenvalue weighted by Gasteiger charge is 2.17. The first kappa shape index (κ1) is 12.9. The van der Waals surface area contributed by atoms with Gasteiger partial charge in [-0.05, 0) is 17.7 Å². The Morgan fingerprint density at radius 2 is 2.05 bits per heavy atom. The molecule has 1 aliphatic heterocycles. The first-order chi connectivity index (χ1) is 9.85. The maximum Gasteiger partial charge on any atom is 0.147 e. The Morgan fingerprint density at radius 3 is 2.85 bits per heavy atom. The highest BCUT2D eigenvalue weighted by atomic mass is 15.3. The molecule has 0 fully saturated rings. The number of aromatic nitrogens is 3. The fourth-order valence-electron chi connectivity index (χ4n) is 2.36. The summed E-state index contributed by atoms with van der Waals surface area (Å²) < 4.78 is 2.11. The van der Waals surface area contributed by atoms with Gasteiger partial charge in [0.25, 0.3) is 0 Å². The van der Waals surface area contributed by atoms with Crippen molar-refractivity contribution in [3.63, 3.8) is 0 Å². The molecule has 0 amide bonds. The summed E-state index contributed by atoms with van der Waals surface area (Å²) >= 11 is 0. The van der Waals surface area contributed by atoms with Crippen molar-refractivity contribution in [3.05, 3.63) is 47.5 Å². The van der Waals surface area contributed by atoms with E-state index >= 15 is 0 Å². The Labute approximate surface area is 118 Å². The van der Waals surface area contributed by atoms with Gasteiger partial charge < -0.3 is 10.3 Å². The SMILES string of the molecule is NCC#Cc1ccc(CN2CCn3cnnc3C2)cc1. The van der Waals surface area contributed by atoms with Gasteiger partial charge in [0, 0.05) is 25.2 Å². The Kier molecular flexibility index (Phi) is 3.77. The fourth-order valence-corrected chi connectivity index (χ4v) is 2.36. The van der Waals surface area contributed by atoms with E-state index in [2.05, 4.69) is 43.6 Å². The number of nitrogens with zero attached hydrogens (tertiary/aromatic N) is 4. The molecule has 5 nitrogen and oxygen atoms in total. The molecule has 1 aromatic heterocycles. The number of benzene rings is 1. The van der Waals surface area contributed by atoms with Crippen molar-refractivity contribution >= 4 is 0 Å². The molecule has 0 aliphatic carbocycles. The molecule has 2 heterocycles. The van der Waals surface area contributed by atoms with Gasteiger partial charge in [0.2, 0.25) is 0 Å². The van der Waals surface area contributed by atoms with Gasteiger partial charge in [-0.1, -0.05) is 24.0 Å². The van der Waals surface area contributed by atoms with E-state index in [1.54, 1.807) is 6.33 Å². The number of hydrogen-bond donors (Lipinski definition) is 1. The molecule has 1 aliphatic rings.